The number of aromatic nitrogens is 2. The summed E-state index contributed by atoms with van der Waals surface area (Å²) in [5.74, 6) is -0.181. The van der Waals surface area contributed by atoms with E-state index in [9.17, 15) is 9.18 Å². The zero-order valence-electron chi connectivity index (χ0n) is 16.3. The summed E-state index contributed by atoms with van der Waals surface area (Å²) in [5.41, 5.74) is 1.89. The number of hydrogen-bond donors (Lipinski definition) is 0. The molecule has 3 heterocycles. The smallest absolute Gasteiger partial charge is 0.263 e. The lowest BCUT2D eigenvalue weighted by molar-refractivity contribution is 0.0787. The van der Waals surface area contributed by atoms with Gasteiger partial charge in [-0.1, -0.05) is 12.1 Å². The Bertz CT molecular complexity index is 972. The fourth-order valence-electron chi connectivity index (χ4n) is 3.68. The molecule has 1 amide bonds. The average molecular weight is 401 g/mol. The molecule has 0 aliphatic carbocycles. The zero-order valence-corrected chi connectivity index (χ0v) is 17.1. The molecule has 1 aliphatic rings. The number of benzene rings is 1. The molecule has 1 fully saturated rings. The summed E-state index contributed by atoms with van der Waals surface area (Å²) in [5, 5.41) is 5.62. The van der Waals surface area contributed by atoms with Gasteiger partial charge in [-0.2, -0.15) is 5.10 Å². The van der Waals surface area contributed by atoms with Gasteiger partial charge in [0, 0.05) is 25.5 Å². The normalized spacial score (nSPS) is 14.8. The summed E-state index contributed by atoms with van der Waals surface area (Å²) in [4.78, 5) is 18.8. The van der Waals surface area contributed by atoms with E-state index in [1.165, 1.54) is 36.3 Å². The number of carbonyl (C=O) groups is 1. The summed E-state index contributed by atoms with van der Waals surface area (Å²) >= 11 is 1.48. The predicted molar refractivity (Wildman–Crippen MR) is 110 cm³/mol. The van der Waals surface area contributed by atoms with E-state index in [1.54, 1.807) is 12.1 Å². The summed E-state index contributed by atoms with van der Waals surface area (Å²) in [6.45, 7) is 6.48. The number of halogens is 1. The number of hydrogen-bond acceptors (Lipinski definition) is 4. The van der Waals surface area contributed by atoms with Crippen molar-refractivity contribution in [2.45, 2.75) is 26.3 Å². The van der Waals surface area contributed by atoms with E-state index in [0.717, 1.165) is 52.5 Å². The van der Waals surface area contributed by atoms with Gasteiger partial charge < -0.3 is 9.80 Å². The highest BCUT2D eigenvalue weighted by atomic mass is 32.1. The molecule has 148 valence electrons. The lowest BCUT2D eigenvalue weighted by Crippen LogP contribution is -2.34. The van der Waals surface area contributed by atoms with Crippen LogP contribution in [0, 0.1) is 12.7 Å². The third kappa shape index (κ3) is 3.95. The maximum atomic E-state index is 13.1. The van der Waals surface area contributed by atoms with Gasteiger partial charge in [0.15, 0.2) is 0 Å². The van der Waals surface area contributed by atoms with Crippen molar-refractivity contribution in [2.75, 3.05) is 33.2 Å². The molecule has 7 heteroatoms. The van der Waals surface area contributed by atoms with Gasteiger partial charge in [-0.05, 0) is 56.6 Å². The number of rotatable bonds is 6. The van der Waals surface area contributed by atoms with Crippen LogP contribution >= 0.6 is 11.3 Å². The lowest BCUT2D eigenvalue weighted by Gasteiger charge is -2.21. The summed E-state index contributed by atoms with van der Waals surface area (Å²) in [6, 6.07) is 8.41. The molecule has 1 saturated heterocycles. The Labute approximate surface area is 168 Å². The number of thiophene rings is 1. The maximum Gasteiger partial charge on any atom is 0.263 e. The van der Waals surface area contributed by atoms with Crippen LogP contribution in [0.15, 0.2) is 30.3 Å². The second kappa shape index (κ2) is 8.01. The fraction of sp³-hybridized carbons (Fsp3) is 0.429. The van der Waals surface area contributed by atoms with Crippen molar-refractivity contribution in [3.05, 3.63) is 52.3 Å². The lowest BCUT2D eigenvalue weighted by atomic mass is 10.2. The first-order valence-corrected chi connectivity index (χ1v) is 10.5. The Kier molecular flexibility index (Phi) is 5.46. The number of carbonyl (C=O) groups excluding carboxylic acids is 1. The molecule has 1 aromatic carbocycles. The number of aryl methyl sites for hydroxylation is 1. The SMILES string of the molecule is Cc1nn(Cc2ccc(F)cc2)c2sc(C(=O)N(C)CCN3CCCC3)cc12. The van der Waals surface area contributed by atoms with E-state index in [0.29, 0.717) is 6.54 Å². The minimum Gasteiger partial charge on any atom is -0.340 e. The Hall–Kier alpha value is -2.25. The first-order valence-electron chi connectivity index (χ1n) is 9.70. The Morgan fingerprint density at radius 3 is 2.68 bits per heavy atom. The van der Waals surface area contributed by atoms with Crippen LogP contribution in [-0.4, -0.2) is 58.7 Å². The van der Waals surface area contributed by atoms with Crippen LogP contribution in [0.1, 0.15) is 33.8 Å². The molecule has 1 aliphatic heterocycles. The maximum absolute atomic E-state index is 13.1. The Morgan fingerprint density at radius 2 is 1.96 bits per heavy atom. The highest BCUT2D eigenvalue weighted by Crippen LogP contribution is 2.29. The van der Waals surface area contributed by atoms with E-state index in [4.69, 9.17) is 0 Å². The average Bonchev–Trinajstić information content (AvgIpc) is 3.41. The summed E-state index contributed by atoms with van der Waals surface area (Å²) in [6.07, 6.45) is 2.52. The fourth-order valence-corrected chi connectivity index (χ4v) is 4.83. The molecule has 0 bridgehead atoms. The van der Waals surface area contributed by atoms with E-state index in [-0.39, 0.29) is 11.7 Å². The van der Waals surface area contributed by atoms with Crippen molar-refractivity contribution in [3.8, 4) is 0 Å². The number of nitrogens with zero attached hydrogens (tertiary/aromatic N) is 4. The molecule has 5 nitrogen and oxygen atoms in total. The second-order valence-electron chi connectivity index (χ2n) is 7.47. The van der Waals surface area contributed by atoms with Crippen LogP contribution in [0.25, 0.3) is 10.2 Å². The highest BCUT2D eigenvalue weighted by Gasteiger charge is 2.20. The van der Waals surface area contributed by atoms with Crippen molar-refractivity contribution in [1.29, 1.82) is 0 Å². The highest BCUT2D eigenvalue weighted by molar-refractivity contribution is 7.20. The van der Waals surface area contributed by atoms with Gasteiger partial charge >= 0.3 is 0 Å². The Balaban J connectivity index is 1.50. The van der Waals surface area contributed by atoms with Crippen LogP contribution in [-0.2, 0) is 6.54 Å². The third-order valence-corrected chi connectivity index (χ3v) is 6.50. The number of likely N-dealkylation sites (N-methyl/N-ethyl adjacent to an activating group) is 1. The van der Waals surface area contributed by atoms with Crippen molar-refractivity contribution in [2.24, 2.45) is 0 Å². The Morgan fingerprint density at radius 1 is 1.25 bits per heavy atom. The van der Waals surface area contributed by atoms with Crippen LogP contribution < -0.4 is 0 Å². The number of fused-ring (bicyclic) bond motifs is 1. The van der Waals surface area contributed by atoms with E-state index >= 15 is 0 Å². The van der Waals surface area contributed by atoms with Gasteiger partial charge in [-0.3, -0.25) is 9.48 Å². The molecule has 0 unspecified atom stereocenters. The number of likely N-dealkylation sites (tertiary alicyclic amines) is 1. The van der Waals surface area contributed by atoms with Crippen LogP contribution in [0.2, 0.25) is 0 Å². The summed E-state index contributed by atoms with van der Waals surface area (Å²) in [7, 11) is 1.88. The van der Waals surface area contributed by atoms with Crippen LogP contribution in [0.4, 0.5) is 4.39 Å². The first-order chi connectivity index (χ1) is 13.5. The summed E-state index contributed by atoms with van der Waals surface area (Å²) < 4.78 is 15.1. The van der Waals surface area contributed by atoms with Crippen LogP contribution in [0.5, 0.6) is 0 Å². The van der Waals surface area contributed by atoms with Gasteiger partial charge in [0.25, 0.3) is 5.91 Å². The van der Waals surface area contributed by atoms with E-state index in [2.05, 4.69) is 10.00 Å². The third-order valence-electron chi connectivity index (χ3n) is 5.36. The minimum atomic E-state index is -0.244. The zero-order chi connectivity index (χ0) is 19.7. The minimum absolute atomic E-state index is 0.0631. The van der Waals surface area contributed by atoms with E-state index < -0.39 is 0 Å². The van der Waals surface area contributed by atoms with Crippen molar-refractivity contribution < 1.29 is 9.18 Å². The van der Waals surface area contributed by atoms with Crippen molar-refractivity contribution in [3.63, 3.8) is 0 Å². The van der Waals surface area contributed by atoms with Gasteiger partial charge in [-0.25, -0.2) is 4.39 Å². The van der Waals surface area contributed by atoms with Crippen LogP contribution in [0.3, 0.4) is 0 Å². The molecule has 3 aromatic rings. The van der Waals surface area contributed by atoms with Gasteiger partial charge in [0.1, 0.15) is 10.6 Å². The number of amides is 1. The molecule has 28 heavy (non-hydrogen) atoms. The predicted octanol–water partition coefficient (Wildman–Crippen LogP) is 3.76. The van der Waals surface area contributed by atoms with Gasteiger partial charge in [0.05, 0.1) is 17.1 Å². The monoisotopic (exact) mass is 400 g/mol. The first kappa shape index (κ1) is 19.1. The molecule has 0 spiro atoms. The van der Waals surface area contributed by atoms with Gasteiger partial charge in [-0.15, -0.1) is 11.3 Å². The molecular formula is C21H25FN4OS. The molecule has 4 rings (SSSR count). The van der Waals surface area contributed by atoms with Gasteiger partial charge in [0.2, 0.25) is 0 Å². The molecule has 0 radical (unpaired) electrons. The van der Waals surface area contributed by atoms with Crippen molar-refractivity contribution >= 4 is 27.5 Å². The molecule has 2 aromatic heterocycles. The molecular weight excluding hydrogens is 375 g/mol. The molecule has 0 saturated carbocycles. The molecule has 0 atom stereocenters. The standard InChI is InChI=1S/C21H25FN4OS/c1-15-18-13-19(20(27)24(2)11-12-25-9-3-4-10-25)28-21(18)26(23-15)14-16-5-7-17(22)8-6-16/h5-8,13H,3-4,9-12,14H2,1-2H3. The van der Waals surface area contributed by atoms with E-state index in [1.807, 2.05) is 29.6 Å². The quantitative estimate of drug-likeness (QED) is 0.633. The second-order valence-corrected chi connectivity index (χ2v) is 8.51. The van der Waals surface area contributed by atoms with Crippen molar-refractivity contribution in [1.82, 2.24) is 19.6 Å². The largest absolute Gasteiger partial charge is 0.340 e. The molecule has 0 N–H and O–H groups in total. The topological polar surface area (TPSA) is 41.4 Å².